The molecular weight excluding hydrogens is 362 g/mol. The zero-order chi connectivity index (χ0) is 20.0. The van der Waals surface area contributed by atoms with Gasteiger partial charge in [0.1, 0.15) is 11.5 Å². The Balaban J connectivity index is 1.69. The van der Waals surface area contributed by atoms with Crippen LogP contribution in [0, 0.1) is 20.8 Å². The van der Waals surface area contributed by atoms with Gasteiger partial charge in [0.25, 0.3) is 0 Å². The summed E-state index contributed by atoms with van der Waals surface area (Å²) < 4.78 is 23.9. The largest absolute Gasteiger partial charge is 0.493 e. The number of ether oxygens (including phenoxy) is 3. The van der Waals surface area contributed by atoms with Crippen LogP contribution in [-0.4, -0.2) is 34.5 Å². The highest BCUT2D eigenvalue weighted by Gasteiger charge is 2.23. The SMILES string of the molecule is COc1cc(-c2nc(Cn3nc(C)c(C(C)=O)c3C)c(C)o2)cc2c1OCO2. The molecule has 1 aliphatic heterocycles. The second kappa shape index (κ2) is 6.70. The maximum absolute atomic E-state index is 11.8. The fraction of sp³-hybridized carbons (Fsp3) is 0.350. The number of hydrogen-bond donors (Lipinski definition) is 0. The van der Waals surface area contributed by atoms with Crippen LogP contribution >= 0.6 is 0 Å². The third-order valence-corrected chi connectivity index (χ3v) is 4.83. The van der Waals surface area contributed by atoms with Gasteiger partial charge in [0, 0.05) is 11.3 Å². The fourth-order valence-electron chi connectivity index (χ4n) is 3.45. The molecule has 0 atom stereocenters. The summed E-state index contributed by atoms with van der Waals surface area (Å²) in [5.41, 5.74) is 3.66. The summed E-state index contributed by atoms with van der Waals surface area (Å²) in [6.45, 7) is 7.69. The third kappa shape index (κ3) is 2.90. The van der Waals surface area contributed by atoms with Crippen molar-refractivity contribution in [3.8, 4) is 28.7 Å². The molecule has 2 aromatic heterocycles. The van der Waals surface area contributed by atoms with Crippen LogP contribution in [0.15, 0.2) is 16.5 Å². The van der Waals surface area contributed by atoms with E-state index in [9.17, 15) is 4.79 Å². The van der Waals surface area contributed by atoms with Crippen LogP contribution in [0.3, 0.4) is 0 Å². The number of benzene rings is 1. The minimum absolute atomic E-state index is 0.00580. The molecule has 1 aromatic carbocycles. The van der Waals surface area contributed by atoms with Crippen LogP contribution in [0.2, 0.25) is 0 Å². The van der Waals surface area contributed by atoms with Crippen molar-refractivity contribution in [2.75, 3.05) is 13.9 Å². The molecule has 3 aromatic rings. The van der Waals surface area contributed by atoms with Crippen molar-refractivity contribution in [2.24, 2.45) is 0 Å². The van der Waals surface area contributed by atoms with Crippen LogP contribution in [0.5, 0.6) is 17.2 Å². The lowest BCUT2D eigenvalue weighted by atomic mass is 10.1. The molecule has 0 amide bonds. The minimum Gasteiger partial charge on any atom is -0.493 e. The summed E-state index contributed by atoms with van der Waals surface area (Å²) in [5.74, 6) is 2.88. The van der Waals surface area contributed by atoms with Gasteiger partial charge in [-0.2, -0.15) is 5.10 Å². The maximum Gasteiger partial charge on any atom is 0.231 e. The van der Waals surface area contributed by atoms with E-state index < -0.39 is 0 Å². The molecule has 4 rings (SSSR count). The molecule has 0 bridgehead atoms. The molecule has 146 valence electrons. The quantitative estimate of drug-likeness (QED) is 0.624. The number of aryl methyl sites for hydroxylation is 2. The maximum atomic E-state index is 11.8. The standard InChI is InChI=1S/C20H21N3O5/c1-10-18(12(3)24)11(2)23(22-10)8-15-13(4)28-20(21-15)14-6-16(25-5)19-17(7-14)26-9-27-19/h6-7H,8-9H2,1-5H3. The molecule has 8 heteroatoms. The van der Waals surface area contributed by atoms with Crippen LogP contribution in [-0.2, 0) is 6.54 Å². The number of ketones is 1. The van der Waals surface area contributed by atoms with Gasteiger partial charge in [-0.1, -0.05) is 0 Å². The van der Waals surface area contributed by atoms with E-state index in [1.165, 1.54) is 0 Å². The van der Waals surface area contributed by atoms with Gasteiger partial charge in [-0.05, 0) is 39.8 Å². The first kappa shape index (κ1) is 18.1. The lowest BCUT2D eigenvalue weighted by molar-refractivity contribution is 0.101. The Bertz CT molecular complexity index is 1080. The number of rotatable bonds is 5. The molecule has 0 unspecified atom stereocenters. The summed E-state index contributed by atoms with van der Waals surface area (Å²) in [6, 6.07) is 3.62. The smallest absolute Gasteiger partial charge is 0.231 e. The number of hydrogen-bond acceptors (Lipinski definition) is 7. The molecule has 3 heterocycles. The van der Waals surface area contributed by atoms with E-state index in [2.05, 4.69) is 10.1 Å². The van der Waals surface area contributed by atoms with Gasteiger partial charge in [0.2, 0.25) is 18.4 Å². The first-order valence-electron chi connectivity index (χ1n) is 8.88. The zero-order valence-corrected chi connectivity index (χ0v) is 16.5. The first-order chi connectivity index (χ1) is 13.4. The van der Waals surface area contributed by atoms with Gasteiger partial charge in [-0.3, -0.25) is 9.48 Å². The third-order valence-electron chi connectivity index (χ3n) is 4.83. The first-order valence-corrected chi connectivity index (χ1v) is 8.88. The summed E-state index contributed by atoms with van der Waals surface area (Å²) in [4.78, 5) is 16.5. The van der Waals surface area contributed by atoms with E-state index in [1.54, 1.807) is 24.8 Å². The number of fused-ring (bicyclic) bond motifs is 1. The van der Waals surface area contributed by atoms with Gasteiger partial charge in [-0.15, -0.1) is 0 Å². The topological polar surface area (TPSA) is 88.6 Å². The Kier molecular flexibility index (Phi) is 4.33. The zero-order valence-electron chi connectivity index (χ0n) is 16.5. The Labute approximate surface area is 162 Å². The van der Waals surface area contributed by atoms with Crippen molar-refractivity contribution >= 4 is 5.78 Å². The van der Waals surface area contributed by atoms with Gasteiger partial charge < -0.3 is 18.6 Å². The van der Waals surface area contributed by atoms with Crippen molar-refractivity contribution in [2.45, 2.75) is 34.2 Å². The number of Topliss-reactive ketones (excluding diaryl/α,β-unsaturated/α-hetero) is 1. The van der Waals surface area contributed by atoms with Gasteiger partial charge >= 0.3 is 0 Å². The van der Waals surface area contributed by atoms with E-state index in [-0.39, 0.29) is 12.6 Å². The van der Waals surface area contributed by atoms with Crippen molar-refractivity contribution < 1.29 is 23.4 Å². The Morgan fingerprint density at radius 1 is 1.25 bits per heavy atom. The predicted molar refractivity (Wildman–Crippen MR) is 100 cm³/mol. The number of carbonyl (C=O) groups excluding carboxylic acids is 1. The van der Waals surface area contributed by atoms with E-state index in [4.69, 9.17) is 18.6 Å². The van der Waals surface area contributed by atoms with Gasteiger partial charge in [-0.25, -0.2) is 4.98 Å². The number of aromatic nitrogens is 3. The Hall–Kier alpha value is -3.29. The monoisotopic (exact) mass is 383 g/mol. The molecule has 8 nitrogen and oxygen atoms in total. The molecule has 0 radical (unpaired) electrons. The lowest BCUT2D eigenvalue weighted by Crippen LogP contribution is -2.06. The normalized spacial score (nSPS) is 12.5. The van der Waals surface area contributed by atoms with Crippen molar-refractivity contribution in [3.63, 3.8) is 0 Å². The van der Waals surface area contributed by atoms with Crippen LogP contribution in [0.25, 0.3) is 11.5 Å². The highest BCUT2D eigenvalue weighted by atomic mass is 16.7. The van der Waals surface area contributed by atoms with Crippen molar-refractivity contribution in [3.05, 3.63) is 40.5 Å². The number of nitrogens with zero attached hydrogens (tertiary/aromatic N) is 3. The second-order valence-electron chi connectivity index (χ2n) is 6.69. The summed E-state index contributed by atoms with van der Waals surface area (Å²) in [6.07, 6.45) is 0. The van der Waals surface area contributed by atoms with Crippen LogP contribution in [0.1, 0.15) is 40.1 Å². The van der Waals surface area contributed by atoms with E-state index in [0.717, 1.165) is 17.0 Å². The molecule has 0 fully saturated rings. The number of oxazole rings is 1. The van der Waals surface area contributed by atoms with Crippen LogP contribution < -0.4 is 14.2 Å². The van der Waals surface area contributed by atoms with E-state index in [0.29, 0.717) is 46.7 Å². The summed E-state index contributed by atoms with van der Waals surface area (Å²) in [5, 5.41) is 4.48. The number of carbonyl (C=O) groups is 1. The molecular formula is C20H21N3O5. The highest BCUT2D eigenvalue weighted by Crippen LogP contribution is 2.44. The van der Waals surface area contributed by atoms with Crippen LogP contribution in [0.4, 0.5) is 0 Å². The molecule has 0 aliphatic carbocycles. The Morgan fingerprint density at radius 2 is 2.04 bits per heavy atom. The van der Waals surface area contributed by atoms with E-state index >= 15 is 0 Å². The second-order valence-corrected chi connectivity index (χ2v) is 6.69. The molecule has 0 saturated heterocycles. The molecule has 0 N–H and O–H groups in total. The summed E-state index contributed by atoms with van der Waals surface area (Å²) >= 11 is 0. The average molecular weight is 383 g/mol. The number of methoxy groups -OCH3 is 1. The van der Waals surface area contributed by atoms with Crippen molar-refractivity contribution in [1.82, 2.24) is 14.8 Å². The lowest BCUT2D eigenvalue weighted by Gasteiger charge is -2.06. The predicted octanol–water partition coefficient (Wildman–Crippen LogP) is 3.45. The van der Waals surface area contributed by atoms with Crippen molar-refractivity contribution in [1.29, 1.82) is 0 Å². The van der Waals surface area contributed by atoms with Gasteiger partial charge in [0.15, 0.2) is 17.3 Å². The molecule has 28 heavy (non-hydrogen) atoms. The molecule has 1 aliphatic rings. The van der Waals surface area contributed by atoms with E-state index in [1.807, 2.05) is 26.8 Å². The van der Waals surface area contributed by atoms with Gasteiger partial charge in [0.05, 0.1) is 24.9 Å². The Morgan fingerprint density at radius 3 is 2.71 bits per heavy atom. The average Bonchev–Trinajstić information content (AvgIpc) is 3.33. The summed E-state index contributed by atoms with van der Waals surface area (Å²) in [7, 11) is 1.57. The highest BCUT2D eigenvalue weighted by molar-refractivity contribution is 5.96. The minimum atomic E-state index is 0.00580. The molecule has 0 spiro atoms. The fourth-order valence-corrected chi connectivity index (χ4v) is 3.45. The molecule has 0 saturated carbocycles.